The van der Waals surface area contributed by atoms with Crippen molar-refractivity contribution >= 4 is 44.6 Å². The Kier molecular flexibility index (Phi) is 5.10. The van der Waals surface area contributed by atoms with Gasteiger partial charge in [-0.25, -0.2) is 9.97 Å². The van der Waals surface area contributed by atoms with E-state index < -0.39 is 0 Å². The number of aryl methyl sites for hydroxylation is 2. The molecule has 0 saturated heterocycles. The van der Waals surface area contributed by atoms with Crippen LogP contribution in [0.5, 0.6) is 0 Å². The molecule has 31 heavy (non-hydrogen) atoms. The fourth-order valence-electron chi connectivity index (χ4n) is 3.41. The summed E-state index contributed by atoms with van der Waals surface area (Å²) in [5, 5.41) is 6.35. The quantitative estimate of drug-likeness (QED) is 0.328. The van der Waals surface area contributed by atoms with E-state index in [0.29, 0.717) is 10.7 Å². The summed E-state index contributed by atoms with van der Waals surface area (Å²) in [4.78, 5) is 24.9. The molecule has 5 rings (SSSR count). The smallest absolute Gasteiger partial charge is 0.258 e. The molecule has 2 aromatic carbocycles. The SMILES string of the molecule is Cc1ccc(-c2csc(NC(=O)c3cc(-c4ccc(C)s4)nc4ccccc34)n2)cc1. The predicted molar refractivity (Wildman–Crippen MR) is 130 cm³/mol. The van der Waals surface area contributed by atoms with Crippen molar-refractivity contribution in [3.63, 3.8) is 0 Å². The Morgan fingerprint density at radius 3 is 2.48 bits per heavy atom. The number of thiazole rings is 1. The molecule has 0 aliphatic rings. The molecule has 0 fully saturated rings. The highest BCUT2D eigenvalue weighted by Crippen LogP contribution is 2.31. The molecule has 0 spiro atoms. The predicted octanol–water partition coefficient (Wildman–Crippen LogP) is 6.96. The molecule has 1 amide bonds. The number of rotatable bonds is 4. The number of fused-ring (bicyclic) bond motifs is 1. The number of hydrogen-bond acceptors (Lipinski definition) is 5. The lowest BCUT2D eigenvalue weighted by molar-refractivity contribution is 0.102. The number of nitrogens with zero attached hydrogens (tertiary/aromatic N) is 2. The number of aromatic nitrogens is 2. The third-order valence-corrected chi connectivity index (χ3v) is 6.81. The van der Waals surface area contributed by atoms with Gasteiger partial charge in [0.1, 0.15) is 0 Å². The van der Waals surface area contributed by atoms with E-state index in [1.54, 1.807) is 11.3 Å². The molecule has 1 N–H and O–H groups in total. The number of amides is 1. The van der Waals surface area contributed by atoms with Crippen LogP contribution >= 0.6 is 22.7 Å². The summed E-state index contributed by atoms with van der Waals surface area (Å²) in [6, 6.07) is 21.9. The maximum atomic E-state index is 13.2. The molecule has 0 aliphatic heterocycles. The van der Waals surface area contributed by atoms with Crippen LogP contribution in [0.2, 0.25) is 0 Å². The number of pyridine rings is 1. The van der Waals surface area contributed by atoms with E-state index in [4.69, 9.17) is 4.98 Å². The number of carbonyl (C=O) groups excluding carboxylic acids is 1. The number of hydrogen-bond donors (Lipinski definition) is 1. The zero-order valence-corrected chi connectivity index (χ0v) is 18.7. The Bertz CT molecular complexity index is 1400. The zero-order chi connectivity index (χ0) is 21.4. The van der Waals surface area contributed by atoms with Gasteiger partial charge < -0.3 is 0 Å². The fourth-order valence-corrected chi connectivity index (χ4v) is 4.96. The summed E-state index contributed by atoms with van der Waals surface area (Å²) in [5.74, 6) is -0.182. The molecule has 3 heterocycles. The lowest BCUT2D eigenvalue weighted by Crippen LogP contribution is -2.13. The van der Waals surface area contributed by atoms with E-state index in [2.05, 4.69) is 42.3 Å². The molecular formula is C25H19N3OS2. The monoisotopic (exact) mass is 441 g/mol. The lowest BCUT2D eigenvalue weighted by Gasteiger charge is -2.08. The van der Waals surface area contributed by atoms with E-state index in [1.807, 2.05) is 53.9 Å². The van der Waals surface area contributed by atoms with Gasteiger partial charge in [0.05, 0.1) is 27.3 Å². The van der Waals surface area contributed by atoms with Crippen molar-refractivity contribution in [2.45, 2.75) is 13.8 Å². The first-order valence-corrected chi connectivity index (χ1v) is 11.6. The van der Waals surface area contributed by atoms with Crippen LogP contribution in [-0.4, -0.2) is 15.9 Å². The standard InChI is InChI=1S/C25H19N3OS2/c1-15-7-10-17(11-8-15)22-14-30-25(27-22)28-24(29)19-13-21(23-12-9-16(2)31-23)26-20-6-4-3-5-18(19)20/h3-14H,1-2H3,(H,27,28,29). The van der Waals surface area contributed by atoms with Crippen LogP contribution in [0.25, 0.3) is 32.7 Å². The third kappa shape index (κ3) is 4.00. The number of para-hydroxylation sites is 1. The van der Waals surface area contributed by atoms with Crippen molar-refractivity contribution in [2.75, 3.05) is 5.32 Å². The zero-order valence-electron chi connectivity index (χ0n) is 17.0. The first-order chi connectivity index (χ1) is 15.1. The Hall–Kier alpha value is -3.35. The molecule has 0 unspecified atom stereocenters. The fraction of sp³-hybridized carbons (Fsp3) is 0.0800. The third-order valence-electron chi connectivity index (χ3n) is 5.03. The number of nitrogens with one attached hydrogen (secondary N) is 1. The summed E-state index contributed by atoms with van der Waals surface area (Å²) in [6.45, 7) is 4.12. The minimum atomic E-state index is -0.182. The van der Waals surface area contributed by atoms with E-state index in [1.165, 1.54) is 21.8 Å². The van der Waals surface area contributed by atoms with Gasteiger partial charge in [0.15, 0.2) is 5.13 Å². The van der Waals surface area contributed by atoms with Crippen molar-refractivity contribution < 1.29 is 4.79 Å². The van der Waals surface area contributed by atoms with Gasteiger partial charge in [0, 0.05) is 21.2 Å². The van der Waals surface area contributed by atoms with Crippen molar-refractivity contribution in [1.29, 1.82) is 0 Å². The largest absolute Gasteiger partial charge is 0.298 e. The van der Waals surface area contributed by atoms with Crippen molar-refractivity contribution in [2.24, 2.45) is 0 Å². The van der Waals surface area contributed by atoms with Gasteiger partial charge in [-0.3, -0.25) is 10.1 Å². The normalized spacial score (nSPS) is 11.0. The van der Waals surface area contributed by atoms with Crippen LogP contribution in [-0.2, 0) is 0 Å². The van der Waals surface area contributed by atoms with Crippen LogP contribution in [0.15, 0.2) is 72.1 Å². The average Bonchev–Trinajstić information content (AvgIpc) is 3.42. The van der Waals surface area contributed by atoms with E-state index >= 15 is 0 Å². The Balaban J connectivity index is 1.49. The average molecular weight is 442 g/mol. The molecule has 0 saturated carbocycles. The maximum Gasteiger partial charge on any atom is 0.258 e. The molecule has 4 nitrogen and oxygen atoms in total. The van der Waals surface area contributed by atoms with Crippen LogP contribution in [0, 0.1) is 13.8 Å². The van der Waals surface area contributed by atoms with Gasteiger partial charge in [0.25, 0.3) is 5.91 Å². The second kappa shape index (κ2) is 8.06. The highest BCUT2D eigenvalue weighted by atomic mass is 32.1. The molecule has 5 aromatic rings. The second-order valence-electron chi connectivity index (χ2n) is 7.34. The van der Waals surface area contributed by atoms with Gasteiger partial charge in [-0.05, 0) is 38.1 Å². The number of benzene rings is 2. The first kappa shape index (κ1) is 19.6. The number of carbonyl (C=O) groups is 1. The first-order valence-electron chi connectivity index (χ1n) is 9.87. The van der Waals surface area contributed by atoms with E-state index in [9.17, 15) is 4.79 Å². The van der Waals surface area contributed by atoms with E-state index in [-0.39, 0.29) is 5.91 Å². The summed E-state index contributed by atoms with van der Waals surface area (Å²) < 4.78 is 0. The maximum absolute atomic E-state index is 13.2. The lowest BCUT2D eigenvalue weighted by atomic mass is 10.1. The molecule has 152 valence electrons. The minimum absolute atomic E-state index is 0.182. The Morgan fingerprint density at radius 1 is 0.903 bits per heavy atom. The van der Waals surface area contributed by atoms with Gasteiger partial charge in [-0.2, -0.15) is 0 Å². The number of anilines is 1. The van der Waals surface area contributed by atoms with Crippen molar-refractivity contribution in [3.8, 4) is 21.8 Å². The number of thiophene rings is 1. The Labute approximate surface area is 188 Å². The molecule has 6 heteroatoms. The van der Waals surface area contributed by atoms with Gasteiger partial charge >= 0.3 is 0 Å². The summed E-state index contributed by atoms with van der Waals surface area (Å²) in [7, 11) is 0. The van der Waals surface area contributed by atoms with E-state index in [0.717, 1.165) is 32.7 Å². The van der Waals surface area contributed by atoms with Crippen LogP contribution in [0.1, 0.15) is 20.8 Å². The van der Waals surface area contributed by atoms with Gasteiger partial charge in [-0.1, -0.05) is 48.0 Å². The summed E-state index contributed by atoms with van der Waals surface area (Å²) in [6.07, 6.45) is 0. The molecule has 0 radical (unpaired) electrons. The van der Waals surface area contributed by atoms with Crippen molar-refractivity contribution in [3.05, 3.63) is 88.1 Å². The van der Waals surface area contributed by atoms with Crippen LogP contribution < -0.4 is 5.32 Å². The van der Waals surface area contributed by atoms with Crippen LogP contribution in [0.4, 0.5) is 5.13 Å². The topological polar surface area (TPSA) is 54.9 Å². The highest BCUT2D eigenvalue weighted by Gasteiger charge is 2.16. The van der Waals surface area contributed by atoms with Crippen LogP contribution in [0.3, 0.4) is 0 Å². The minimum Gasteiger partial charge on any atom is -0.298 e. The molecule has 0 aliphatic carbocycles. The Morgan fingerprint density at radius 2 is 1.71 bits per heavy atom. The van der Waals surface area contributed by atoms with Gasteiger partial charge in [-0.15, -0.1) is 22.7 Å². The highest BCUT2D eigenvalue weighted by molar-refractivity contribution is 7.15. The summed E-state index contributed by atoms with van der Waals surface area (Å²) in [5.41, 5.74) is 5.30. The molecule has 3 aromatic heterocycles. The molecule has 0 bridgehead atoms. The van der Waals surface area contributed by atoms with Gasteiger partial charge in [0.2, 0.25) is 0 Å². The summed E-state index contributed by atoms with van der Waals surface area (Å²) >= 11 is 3.10. The molecule has 0 atom stereocenters. The second-order valence-corrected chi connectivity index (χ2v) is 9.49. The molecular weight excluding hydrogens is 422 g/mol. The van der Waals surface area contributed by atoms with Crippen molar-refractivity contribution in [1.82, 2.24) is 9.97 Å².